The number of halogens is 1. The molecule has 0 spiro atoms. The lowest BCUT2D eigenvalue weighted by atomic mass is 9.94. The minimum absolute atomic E-state index is 0.294. The molecule has 1 aromatic heterocycles. The average Bonchev–Trinajstić information content (AvgIpc) is 3.25. The zero-order valence-corrected chi connectivity index (χ0v) is 17.1. The monoisotopic (exact) mass is 397 g/mol. The molecular weight excluding hydrogens is 370 g/mol. The maximum Gasteiger partial charge on any atom is 0.236 e. The number of carbonyl (C=O) groups excluding carboxylic acids is 1. The average molecular weight is 398 g/mol. The fourth-order valence-corrected chi connectivity index (χ4v) is 4.46. The summed E-state index contributed by atoms with van der Waals surface area (Å²) in [5.74, 6) is 0.702. The van der Waals surface area contributed by atoms with Crippen molar-refractivity contribution in [3.8, 4) is 0 Å². The number of nitrogens with zero attached hydrogens (tertiary/aromatic N) is 3. The Hall–Kier alpha value is -1.91. The van der Waals surface area contributed by atoms with Crippen molar-refractivity contribution in [2.24, 2.45) is 0 Å². The Balaban J connectivity index is 1.39. The molecule has 1 aromatic carbocycles. The highest BCUT2D eigenvalue weighted by Gasteiger charge is 2.26. The summed E-state index contributed by atoms with van der Waals surface area (Å²) in [6.45, 7) is 4.37. The molecule has 4 rings (SSSR count). The molecule has 4 nitrogen and oxygen atoms in total. The van der Waals surface area contributed by atoms with Crippen LogP contribution in [0.1, 0.15) is 48.6 Å². The van der Waals surface area contributed by atoms with E-state index in [1.54, 1.807) is 0 Å². The van der Waals surface area contributed by atoms with Crippen molar-refractivity contribution >= 4 is 17.5 Å². The molecule has 0 unspecified atom stereocenters. The van der Waals surface area contributed by atoms with Gasteiger partial charge in [0.25, 0.3) is 0 Å². The highest BCUT2D eigenvalue weighted by molar-refractivity contribution is 6.30. The van der Waals surface area contributed by atoms with Gasteiger partial charge < -0.3 is 4.90 Å². The Kier molecular flexibility index (Phi) is 6.28. The second kappa shape index (κ2) is 9.06. The summed E-state index contributed by atoms with van der Waals surface area (Å²) in [5.41, 5.74) is 3.46. The number of carbonyl (C=O) groups is 1. The quantitative estimate of drug-likeness (QED) is 0.761. The molecule has 28 heavy (non-hydrogen) atoms. The first-order valence-electron chi connectivity index (χ1n) is 10.4. The minimum Gasteiger partial charge on any atom is -0.342 e. The molecule has 2 aliphatic heterocycles. The van der Waals surface area contributed by atoms with Gasteiger partial charge in [-0.1, -0.05) is 29.8 Å². The van der Waals surface area contributed by atoms with Gasteiger partial charge in [0.1, 0.15) is 0 Å². The van der Waals surface area contributed by atoms with E-state index in [9.17, 15) is 4.79 Å². The first kappa shape index (κ1) is 19.4. The largest absolute Gasteiger partial charge is 0.342 e. The predicted octanol–water partition coefficient (Wildman–Crippen LogP) is 4.13. The summed E-state index contributed by atoms with van der Waals surface area (Å²) in [7, 11) is 0. The third-order valence-corrected chi connectivity index (χ3v) is 6.12. The van der Waals surface area contributed by atoms with Gasteiger partial charge in [0.05, 0.1) is 6.54 Å². The van der Waals surface area contributed by atoms with Crippen molar-refractivity contribution in [2.45, 2.75) is 38.0 Å². The second-order valence-electron chi connectivity index (χ2n) is 8.02. The summed E-state index contributed by atoms with van der Waals surface area (Å²) >= 11 is 5.99. The molecule has 0 N–H and O–H groups in total. The van der Waals surface area contributed by atoms with E-state index in [4.69, 9.17) is 16.6 Å². The van der Waals surface area contributed by atoms with Crippen LogP contribution in [0.3, 0.4) is 0 Å². The minimum atomic E-state index is 0.294. The number of piperidine rings is 1. The molecule has 1 amide bonds. The highest BCUT2D eigenvalue weighted by atomic mass is 35.5. The molecule has 2 aliphatic rings. The van der Waals surface area contributed by atoms with Crippen molar-refractivity contribution < 1.29 is 4.79 Å². The maximum absolute atomic E-state index is 12.5. The van der Waals surface area contributed by atoms with E-state index in [2.05, 4.69) is 35.2 Å². The van der Waals surface area contributed by atoms with Crippen LogP contribution in [0.15, 0.2) is 42.5 Å². The lowest BCUT2D eigenvalue weighted by Gasteiger charge is -2.33. The molecule has 148 valence electrons. The van der Waals surface area contributed by atoms with Crippen LogP contribution < -0.4 is 0 Å². The Labute approximate surface area is 172 Å². The van der Waals surface area contributed by atoms with Crippen LogP contribution in [0.2, 0.25) is 5.02 Å². The van der Waals surface area contributed by atoms with E-state index in [1.165, 1.54) is 5.56 Å². The number of benzene rings is 1. The number of amides is 1. The van der Waals surface area contributed by atoms with Crippen LogP contribution >= 0.6 is 11.6 Å². The van der Waals surface area contributed by atoms with Gasteiger partial charge in [-0.05, 0) is 62.1 Å². The van der Waals surface area contributed by atoms with Crippen molar-refractivity contribution in [1.29, 1.82) is 0 Å². The topological polar surface area (TPSA) is 36.4 Å². The van der Waals surface area contributed by atoms with Gasteiger partial charge in [0.2, 0.25) is 5.91 Å². The lowest BCUT2D eigenvalue weighted by Crippen LogP contribution is -2.43. The predicted molar refractivity (Wildman–Crippen MR) is 113 cm³/mol. The van der Waals surface area contributed by atoms with Crippen molar-refractivity contribution in [1.82, 2.24) is 14.8 Å². The molecule has 5 heteroatoms. The molecule has 0 radical (unpaired) electrons. The molecule has 0 bridgehead atoms. The van der Waals surface area contributed by atoms with E-state index < -0.39 is 0 Å². The molecule has 2 aromatic rings. The Morgan fingerprint density at radius 1 is 1.04 bits per heavy atom. The maximum atomic E-state index is 12.5. The SMILES string of the molecule is O=C(CN1CCC[C@H](c2cccc(Cc3ccc(Cl)cc3)n2)C1)N1CCCC1. The van der Waals surface area contributed by atoms with Crippen LogP contribution in [0, 0.1) is 0 Å². The zero-order valence-electron chi connectivity index (χ0n) is 16.3. The molecule has 3 heterocycles. The molecule has 1 atom stereocenters. The van der Waals surface area contributed by atoms with E-state index >= 15 is 0 Å². The van der Waals surface area contributed by atoms with E-state index in [0.717, 1.165) is 74.7 Å². The van der Waals surface area contributed by atoms with E-state index in [-0.39, 0.29) is 0 Å². The van der Waals surface area contributed by atoms with Gasteiger partial charge >= 0.3 is 0 Å². The molecule has 0 saturated carbocycles. The van der Waals surface area contributed by atoms with Crippen molar-refractivity contribution in [3.63, 3.8) is 0 Å². The van der Waals surface area contributed by atoms with Crippen LogP contribution in [0.5, 0.6) is 0 Å². The Morgan fingerprint density at radius 2 is 1.82 bits per heavy atom. The standard InChI is InChI=1S/C23H28ClN3O/c24-20-10-8-18(9-11-20)15-21-6-3-7-22(25-21)19-5-4-12-26(16-19)17-23(28)27-13-1-2-14-27/h3,6-11,19H,1-2,4-5,12-17H2/t19-/m0/s1. The van der Waals surface area contributed by atoms with Gasteiger partial charge in [-0.2, -0.15) is 0 Å². The van der Waals surface area contributed by atoms with Gasteiger partial charge in [-0.25, -0.2) is 0 Å². The van der Waals surface area contributed by atoms with Gasteiger partial charge in [0, 0.05) is 48.4 Å². The third kappa shape index (κ3) is 4.92. The number of rotatable bonds is 5. The first-order valence-corrected chi connectivity index (χ1v) is 10.8. The van der Waals surface area contributed by atoms with Crippen LogP contribution in [0.4, 0.5) is 0 Å². The molecule has 0 aliphatic carbocycles. The van der Waals surface area contributed by atoms with Crippen LogP contribution in [-0.4, -0.2) is 53.4 Å². The summed E-state index contributed by atoms with van der Waals surface area (Å²) < 4.78 is 0. The van der Waals surface area contributed by atoms with Gasteiger partial charge in [0.15, 0.2) is 0 Å². The number of aromatic nitrogens is 1. The summed E-state index contributed by atoms with van der Waals surface area (Å²) in [4.78, 5) is 21.8. The number of likely N-dealkylation sites (tertiary alicyclic amines) is 2. The van der Waals surface area contributed by atoms with Gasteiger partial charge in [-0.15, -0.1) is 0 Å². The molecular formula is C23H28ClN3O. The summed E-state index contributed by atoms with van der Waals surface area (Å²) in [5, 5.41) is 0.760. The highest BCUT2D eigenvalue weighted by Crippen LogP contribution is 2.26. The summed E-state index contributed by atoms with van der Waals surface area (Å²) in [6.07, 6.45) is 5.39. The second-order valence-corrected chi connectivity index (χ2v) is 8.46. The third-order valence-electron chi connectivity index (χ3n) is 5.87. The molecule has 2 saturated heterocycles. The summed E-state index contributed by atoms with van der Waals surface area (Å²) in [6, 6.07) is 14.3. The number of hydrogen-bond acceptors (Lipinski definition) is 3. The van der Waals surface area contributed by atoms with E-state index in [0.29, 0.717) is 18.4 Å². The Morgan fingerprint density at radius 3 is 2.61 bits per heavy atom. The lowest BCUT2D eigenvalue weighted by molar-refractivity contribution is -0.131. The number of hydrogen-bond donors (Lipinski definition) is 0. The normalized spacial score (nSPS) is 20.5. The smallest absolute Gasteiger partial charge is 0.236 e. The van der Waals surface area contributed by atoms with Crippen molar-refractivity contribution in [3.05, 3.63) is 64.4 Å². The Bertz CT molecular complexity index is 802. The molecule has 2 fully saturated rings. The number of pyridine rings is 1. The zero-order chi connectivity index (χ0) is 19.3. The van der Waals surface area contributed by atoms with Crippen LogP contribution in [0.25, 0.3) is 0 Å². The van der Waals surface area contributed by atoms with Gasteiger partial charge in [-0.3, -0.25) is 14.7 Å². The van der Waals surface area contributed by atoms with Crippen molar-refractivity contribution in [2.75, 3.05) is 32.7 Å². The fourth-order valence-electron chi connectivity index (χ4n) is 4.33. The first-order chi connectivity index (χ1) is 13.7. The fraction of sp³-hybridized carbons (Fsp3) is 0.478. The van der Waals surface area contributed by atoms with Crippen LogP contribution in [-0.2, 0) is 11.2 Å². The van der Waals surface area contributed by atoms with E-state index in [1.807, 2.05) is 17.0 Å².